The van der Waals surface area contributed by atoms with Crippen LogP contribution in [0.4, 0.5) is 0 Å². The highest BCUT2D eigenvalue weighted by atomic mass is 16.5. The Labute approximate surface area is 119 Å². The van der Waals surface area contributed by atoms with E-state index in [1.54, 1.807) is 7.11 Å². The number of hydrogen-bond donors (Lipinski definition) is 0. The van der Waals surface area contributed by atoms with Crippen molar-refractivity contribution in [3.8, 4) is 5.75 Å². The molecule has 1 aromatic heterocycles. The molecule has 1 heterocycles. The number of aromatic nitrogens is 2. The fourth-order valence-corrected chi connectivity index (χ4v) is 2.34. The van der Waals surface area contributed by atoms with Crippen LogP contribution in [0.5, 0.6) is 5.75 Å². The predicted molar refractivity (Wildman–Crippen MR) is 78.0 cm³/mol. The lowest BCUT2D eigenvalue weighted by atomic mass is 10.0. The number of carbonyl (C=O) groups is 1. The molecule has 0 fully saturated rings. The van der Waals surface area contributed by atoms with Crippen molar-refractivity contribution in [3.05, 3.63) is 47.3 Å². The number of para-hydroxylation sites is 1. The van der Waals surface area contributed by atoms with E-state index in [1.807, 2.05) is 48.9 Å². The topological polar surface area (TPSA) is 44.1 Å². The SMILES string of the molecule is CCn1nc(C)cc1CC(=O)Cc1ccccc1OC. The Morgan fingerprint density at radius 1 is 1.30 bits per heavy atom. The van der Waals surface area contributed by atoms with E-state index in [2.05, 4.69) is 5.10 Å². The zero-order valence-electron chi connectivity index (χ0n) is 12.2. The Hall–Kier alpha value is -2.10. The molecule has 106 valence electrons. The maximum absolute atomic E-state index is 12.2. The summed E-state index contributed by atoms with van der Waals surface area (Å²) in [7, 11) is 1.62. The maximum Gasteiger partial charge on any atom is 0.143 e. The monoisotopic (exact) mass is 272 g/mol. The van der Waals surface area contributed by atoms with Crippen LogP contribution in [0.15, 0.2) is 30.3 Å². The molecule has 0 bridgehead atoms. The maximum atomic E-state index is 12.2. The second kappa shape index (κ2) is 6.37. The Bertz CT molecular complexity index is 602. The van der Waals surface area contributed by atoms with Gasteiger partial charge in [-0.1, -0.05) is 18.2 Å². The number of Topliss-reactive ketones (excluding diaryl/α,β-unsaturated/α-hetero) is 1. The molecule has 0 unspecified atom stereocenters. The first-order valence-corrected chi connectivity index (χ1v) is 6.81. The molecule has 0 amide bonds. The summed E-state index contributed by atoms with van der Waals surface area (Å²) in [5, 5.41) is 4.36. The molecule has 20 heavy (non-hydrogen) atoms. The van der Waals surface area contributed by atoms with Crippen LogP contribution in [0.3, 0.4) is 0 Å². The third kappa shape index (κ3) is 3.26. The van der Waals surface area contributed by atoms with E-state index in [9.17, 15) is 4.79 Å². The van der Waals surface area contributed by atoms with E-state index >= 15 is 0 Å². The Balaban J connectivity index is 2.09. The summed E-state index contributed by atoms with van der Waals surface area (Å²) < 4.78 is 7.16. The number of methoxy groups -OCH3 is 1. The number of aryl methyl sites for hydroxylation is 2. The zero-order valence-corrected chi connectivity index (χ0v) is 12.2. The zero-order chi connectivity index (χ0) is 14.5. The van der Waals surface area contributed by atoms with Crippen LogP contribution in [0.25, 0.3) is 0 Å². The van der Waals surface area contributed by atoms with E-state index in [1.165, 1.54) is 0 Å². The Morgan fingerprint density at radius 3 is 2.75 bits per heavy atom. The van der Waals surface area contributed by atoms with Gasteiger partial charge in [0.25, 0.3) is 0 Å². The first kappa shape index (κ1) is 14.3. The molecule has 0 aliphatic rings. The van der Waals surface area contributed by atoms with Gasteiger partial charge in [0.2, 0.25) is 0 Å². The fourth-order valence-electron chi connectivity index (χ4n) is 2.34. The van der Waals surface area contributed by atoms with Gasteiger partial charge in [0, 0.05) is 30.6 Å². The number of carbonyl (C=O) groups excluding carboxylic acids is 1. The van der Waals surface area contributed by atoms with Crippen molar-refractivity contribution < 1.29 is 9.53 Å². The quantitative estimate of drug-likeness (QED) is 0.812. The average Bonchev–Trinajstić information content (AvgIpc) is 2.79. The largest absolute Gasteiger partial charge is 0.496 e. The lowest BCUT2D eigenvalue weighted by Gasteiger charge is -2.08. The summed E-state index contributed by atoms with van der Waals surface area (Å²) in [5.41, 5.74) is 2.86. The molecule has 4 heteroatoms. The minimum atomic E-state index is 0.170. The van der Waals surface area contributed by atoms with Crippen LogP contribution < -0.4 is 4.74 Å². The van der Waals surface area contributed by atoms with Gasteiger partial charge >= 0.3 is 0 Å². The standard InChI is InChI=1S/C16H20N2O2/c1-4-18-14(9-12(2)17-18)11-15(19)10-13-7-5-6-8-16(13)20-3/h5-9H,4,10-11H2,1-3H3. The van der Waals surface area contributed by atoms with Gasteiger partial charge in [0.05, 0.1) is 12.8 Å². The van der Waals surface area contributed by atoms with E-state index in [0.29, 0.717) is 12.8 Å². The fraction of sp³-hybridized carbons (Fsp3) is 0.375. The molecular weight excluding hydrogens is 252 g/mol. The molecule has 0 spiro atoms. The van der Waals surface area contributed by atoms with Crippen LogP contribution in [0.2, 0.25) is 0 Å². The second-order valence-electron chi connectivity index (χ2n) is 4.80. The van der Waals surface area contributed by atoms with Crippen molar-refractivity contribution >= 4 is 5.78 Å². The molecule has 0 saturated carbocycles. The number of benzene rings is 1. The molecule has 4 nitrogen and oxygen atoms in total. The van der Waals surface area contributed by atoms with Gasteiger partial charge in [-0.2, -0.15) is 5.10 Å². The highest BCUT2D eigenvalue weighted by Gasteiger charge is 2.12. The number of nitrogens with zero attached hydrogens (tertiary/aromatic N) is 2. The smallest absolute Gasteiger partial charge is 0.143 e. The molecule has 0 saturated heterocycles. The molecule has 2 rings (SSSR count). The first-order valence-electron chi connectivity index (χ1n) is 6.81. The van der Waals surface area contributed by atoms with Crippen LogP contribution >= 0.6 is 0 Å². The summed E-state index contributed by atoms with van der Waals surface area (Å²) in [5.74, 6) is 0.935. The van der Waals surface area contributed by atoms with Crippen LogP contribution in [0.1, 0.15) is 23.9 Å². The van der Waals surface area contributed by atoms with Crippen molar-refractivity contribution in [3.63, 3.8) is 0 Å². The molecule has 1 aromatic carbocycles. The molecule has 0 radical (unpaired) electrons. The van der Waals surface area contributed by atoms with Crippen molar-refractivity contribution in [2.75, 3.05) is 7.11 Å². The van der Waals surface area contributed by atoms with Crippen molar-refractivity contribution in [1.29, 1.82) is 0 Å². The molecule has 0 N–H and O–H groups in total. The van der Waals surface area contributed by atoms with Gasteiger partial charge in [-0.25, -0.2) is 0 Å². The molecule has 0 atom stereocenters. The number of ether oxygens (including phenoxy) is 1. The lowest BCUT2D eigenvalue weighted by Crippen LogP contribution is -2.12. The van der Waals surface area contributed by atoms with Crippen molar-refractivity contribution in [1.82, 2.24) is 9.78 Å². The minimum absolute atomic E-state index is 0.170. The van der Waals surface area contributed by atoms with Crippen LogP contribution in [0, 0.1) is 6.92 Å². The lowest BCUT2D eigenvalue weighted by molar-refractivity contribution is -0.117. The summed E-state index contributed by atoms with van der Waals surface area (Å²) in [4.78, 5) is 12.2. The van der Waals surface area contributed by atoms with Crippen molar-refractivity contribution in [2.24, 2.45) is 0 Å². The molecule has 0 aliphatic carbocycles. The van der Waals surface area contributed by atoms with Gasteiger partial charge < -0.3 is 4.74 Å². The highest BCUT2D eigenvalue weighted by molar-refractivity contribution is 5.83. The summed E-state index contributed by atoms with van der Waals surface area (Å²) in [6, 6.07) is 9.61. The molecule has 2 aromatic rings. The van der Waals surface area contributed by atoms with Crippen molar-refractivity contribution in [2.45, 2.75) is 33.2 Å². The average molecular weight is 272 g/mol. The minimum Gasteiger partial charge on any atom is -0.496 e. The first-order chi connectivity index (χ1) is 9.63. The third-order valence-corrected chi connectivity index (χ3v) is 3.24. The van der Waals surface area contributed by atoms with Gasteiger partial charge in [-0.05, 0) is 26.0 Å². The summed E-state index contributed by atoms with van der Waals surface area (Å²) in [6.07, 6.45) is 0.796. The van der Waals surface area contributed by atoms with E-state index in [0.717, 1.165) is 29.2 Å². The molecular formula is C16H20N2O2. The Kier molecular flexibility index (Phi) is 4.56. The number of ketones is 1. The van der Waals surface area contributed by atoms with E-state index in [-0.39, 0.29) is 5.78 Å². The van der Waals surface area contributed by atoms with Crippen LogP contribution in [-0.2, 0) is 24.2 Å². The van der Waals surface area contributed by atoms with Gasteiger partial charge in [-0.3, -0.25) is 9.48 Å². The molecule has 0 aliphatic heterocycles. The van der Waals surface area contributed by atoms with Gasteiger partial charge in [0.15, 0.2) is 0 Å². The van der Waals surface area contributed by atoms with Gasteiger partial charge in [-0.15, -0.1) is 0 Å². The summed E-state index contributed by atoms with van der Waals surface area (Å²) in [6.45, 7) is 4.76. The van der Waals surface area contributed by atoms with Crippen LogP contribution in [-0.4, -0.2) is 22.7 Å². The van der Waals surface area contributed by atoms with Gasteiger partial charge in [0.1, 0.15) is 11.5 Å². The third-order valence-electron chi connectivity index (χ3n) is 3.24. The number of hydrogen-bond acceptors (Lipinski definition) is 3. The van der Waals surface area contributed by atoms with E-state index < -0.39 is 0 Å². The number of rotatable bonds is 6. The predicted octanol–water partition coefficient (Wildman–Crippen LogP) is 2.57. The normalized spacial score (nSPS) is 10.6. The van der Waals surface area contributed by atoms with E-state index in [4.69, 9.17) is 4.74 Å². The summed E-state index contributed by atoms with van der Waals surface area (Å²) >= 11 is 0. The Morgan fingerprint density at radius 2 is 2.05 bits per heavy atom. The second-order valence-corrected chi connectivity index (χ2v) is 4.80. The highest BCUT2D eigenvalue weighted by Crippen LogP contribution is 2.18.